The molecule has 9 heteroatoms. The lowest BCUT2D eigenvalue weighted by Gasteiger charge is -2.34. The van der Waals surface area contributed by atoms with Gasteiger partial charge in [0.1, 0.15) is 11.5 Å². The zero-order valence-electron chi connectivity index (χ0n) is 18.4. The molecule has 0 spiro atoms. The Balaban J connectivity index is 1.70. The molecule has 0 saturated heterocycles. The van der Waals surface area contributed by atoms with Crippen LogP contribution in [0.25, 0.3) is 12.2 Å². The molecular weight excluding hydrogens is 444 g/mol. The number of phenolic OH excluding ortho intramolecular Hbond substituents is 4. The lowest BCUT2D eigenvalue weighted by atomic mass is 10.0. The number of methoxy groups -OCH3 is 2. The predicted octanol–water partition coefficient (Wildman–Crippen LogP) is 3.57. The number of phenols is 4. The first-order chi connectivity index (χ1) is 16.3. The third kappa shape index (κ3) is 4.46. The highest BCUT2D eigenvalue weighted by Gasteiger charge is 2.35. The second kappa shape index (κ2) is 9.32. The second-order valence-corrected chi connectivity index (χ2v) is 7.63. The Morgan fingerprint density at radius 3 is 1.94 bits per heavy atom. The Labute approximate surface area is 195 Å². The van der Waals surface area contributed by atoms with E-state index in [1.165, 1.54) is 38.5 Å². The Bertz CT molecular complexity index is 1190. The molecule has 34 heavy (non-hydrogen) atoms. The van der Waals surface area contributed by atoms with E-state index in [0.717, 1.165) is 0 Å². The van der Waals surface area contributed by atoms with Gasteiger partial charge in [0.15, 0.2) is 35.2 Å². The number of benzene rings is 3. The van der Waals surface area contributed by atoms with Gasteiger partial charge in [-0.15, -0.1) is 0 Å². The summed E-state index contributed by atoms with van der Waals surface area (Å²) in [4.78, 5) is 0. The summed E-state index contributed by atoms with van der Waals surface area (Å²) in [7, 11) is 2.80. The van der Waals surface area contributed by atoms with E-state index >= 15 is 0 Å². The van der Waals surface area contributed by atoms with Crippen LogP contribution in [0.4, 0.5) is 0 Å². The number of rotatable bonds is 6. The first-order valence-corrected chi connectivity index (χ1v) is 10.3. The standard InChI is InChI=1S/C25H24O9/c1-31-19-9-15(10-20(32-2)23(19)30)24-22(12-26)34-25-18(29)7-14(8-21(25)33-24)4-3-13-5-16(27)11-17(28)6-13/h3-11,22,24,26-30H,12H2,1-2H3/b4-3+/t22-,24-/m1/s1. The van der Waals surface area contributed by atoms with Gasteiger partial charge in [0.2, 0.25) is 11.5 Å². The number of aromatic hydroxyl groups is 4. The SMILES string of the molecule is COc1cc([C@H]2Oc3cc(/C=C/c4cc(O)cc(O)c4)cc(O)c3O[C@@H]2CO)cc(OC)c1O. The van der Waals surface area contributed by atoms with Gasteiger partial charge in [-0.1, -0.05) is 12.2 Å². The van der Waals surface area contributed by atoms with Crippen LogP contribution >= 0.6 is 0 Å². The average Bonchev–Trinajstić information content (AvgIpc) is 2.81. The van der Waals surface area contributed by atoms with E-state index in [1.807, 2.05) is 0 Å². The van der Waals surface area contributed by atoms with E-state index in [9.17, 15) is 25.5 Å². The lowest BCUT2D eigenvalue weighted by molar-refractivity contribution is -0.0142. The van der Waals surface area contributed by atoms with Crippen molar-refractivity contribution in [2.24, 2.45) is 0 Å². The van der Waals surface area contributed by atoms with E-state index in [-0.39, 0.29) is 46.0 Å². The molecule has 9 nitrogen and oxygen atoms in total. The molecule has 0 unspecified atom stereocenters. The van der Waals surface area contributed by atoms with Crippen molar-refractivity contribution in [3.8, 4) is 46.0 Å². The molecule has 1 aliphatic rings. The Hall–Kier alpha value is -4.24. The van der Waals surface area contributed by atoms with Crippen LogP contribution in [0.1, 0.15) is 22.8 Å². The summed E-state index contributed by atoms with van der Waals surface area (Å²) in [5.41, 5.74) is 1.63. The van der Waals surface area contributed by atoms with Crippen LogP contribution in [0.3, 0.4) is 0 Å². The molecule has 1 aliphatic heterocycles. The van der Waals surface area contributed by atoms with Crippen LogP contribution in [-0.4, -0.2) is 52.5 Å². The summed E-state index contributed by atoms with van der Waals surface area (Å²) >= 11 is 0. The van der Waals surface area contributed by atoms with E-state index in [2.05, 4.69) is 0 Å². The van der Waals surface area contributed by atoms with Gasteiger partial charge < -0.3 is 44.5 Å². The van der Waals surface area contributed by atoms with Crippen LogP contribution in [0.2, 0.25) is 0 Å². The summed E-state index contributed by atoms with van der Waals surface area (Å²) in [5, 5.41) is 49.9. The maximum Gasteiger partial charge on any atom is 0.203 e. The first-order valence-electron chi connectivity index (χ1n) is 10.3. The van der Waals surface area contributed by atoms with Crippen molar-refractivity contribution >= 4 is 12.2 Å². The zero-order chi connectivity index (χ0) is 24.4. The van der Waals surface area contributed by atoms with Crippen LogP contribution in [0, 0.1) is 0 Å². The molecule has 0 saturated carbocycles. The smallest absolute Gasteiger partial charge is 0.203 e. The third-order valence-electron chi connectivity index (χ3n) is 5.32. The molecule has 3 aromatic rings. The molecule has 0 bridgehead atoms. The zero-order valence-corrected chi connectivity index (χ0v) is 18.4. The van der Waals surface area contributed by atoms with Gasteiger partial charge >= 0.3 is 0 Å². The molecule has 2 atom stereocenters. The van der Waals surface area contributed by atoms with Gasteiger partial charge in [0, 0.05) is 11.6 Å². The van der Waals surface area contributed by atoms with E-state index in [1.54, 1.807) is 30.4 Å². The molecule has 178 valence electrons. The number of hydrogen-bond donors (Lipinski definition) is 5. The summed E-state index contributed by atoms with van der Waals surface area (Å²) in [6, 6.07) is 10.4. The van der Waals surface area contributed by atoms with Crippen LogP contribution < -0.4 is 18.9 Å². The second-order valence-electron chi connectivity index (χ2n) is 7.63. The molecule has 0 fully saturated rings. The highest BCUT2D eigenvalue weighted by atomic mass is 16.6. The summed E-state index contributed by atoms with van der Waals surface area (Å²) < 4.78 is 22.4. The topological polar surface area (TPSA) is 138 Å². The maximum absolute atomic E-state index is 10.5. The highest BCUT2D eigenvalue weighted by molar-refractivity contribution is 5.73. The fraction of sp³-hybridized carbons (Fsp3) is 0.200. The summed E-state index contributed by atoms with van der Waals surface area (Å²) in [6.45, 7) is -0.405. The number of aliphatic hydroxyl groups is 1. The van der Waals surface area contributed by atoms with E-state index < -0.39 is 18.8 Å². The molecule has 0 radical (unpaired) electrons. The number of ether oxygens (including phenoxy) is 4. The normalized spacial score (nSPS) is 17.0. The molecule has 0 aromatic heterocycles. The number of hydrogen-bond acceptors (Lipinski definition) is 9. The van der Waals surface area contributed by atoms with Gasteiger partial charge in [-0.05, 0) is 47.5 Å². The van der Waals surface area contributed by atoms with Gasteiger partial charge in [-0.2, -0.15) is 0 Å². The van der Waals surface area contributed by atoms with E-state index in [0.29, 0.717) is 16.7 Å². The molecule has 0 amide bonds. The highest BCUT2D eigenvalue weighted by Crippen LogP contribution is 2.48. The van der Waals surface area contributed by atoms with Crippen molar-refractivity contribution in [1.82, 2.24) is 0 Å². The quantitative estimate of drug-likeness (QED) is 0.344. The molecule has 0 aliphatic carbocycles. The van der Waals surface area contributed by atoms with Crippen molar-refractivity contribution < 1.29 is 44.5 Å². The fourth-order valence-electron chi connectivity index (χ4n) is 3.74. The Kier molecular flexibility index (Phi) is 6.29. The van der Waals surface area contributed by atoms with Crippen LogP contribution in [0.5, 0.6) is 46.0 Å². The fourth-order valence-corrected chi connectivity index (χ4v) is 3.74. The Morgan fingerprint density at radius 1 is 0.794 bits per heavy atom. The molecule has 3 aromatic carbocycles. The molecule has 4 rings (SSSR count). The average molecular weight is 468 g/mol. The van der Waals surface area contributed by atoms with Crippen molar-refractivity contribution in [1.29, 1.82) is 0 Å². The van der Waals surface area contributed by atoms with Gasteiger partial charge in [0.05, 0.1) is 20.8 Å². The van der Waals surface area contributed by atoms with E-state index in [4.69, 9.17) is 18.9 Å². The summed E-state index contributed by atoms with van der Waals surface area (Å²) in [5.74, 6) is 0.121. The molecular formula is C25H24O9. The van der Waals surface area contributed by atoms with Crippen molar-refractivity contribution in [3.63, 3.8) is 0 Å². The minimum absolute atomic E-state index is 0.0812. The minimum atomic E-state index is -0.853. The predicted molar refractivity (Wildman–Crippen MR) is 123 cm³/mol. The van der Waals surface area contributed by atoms with Crippen LogP contribution in [0.15, 0.2) is 42.5 Å². The summed E-state index contributed by atoms with van der Waals surface area (Å²) in [6.07, 6.45) is 1.65. The number of fused-ring (bicyclic) bond motifs is 1. The number of aliphatic hydroxyl groups excluding tert-OH is 1. The first kappa shape index (κ1) is 22.9. The molecule has 5 N–H and O–H groups in total. The molecule has 1 heterocycles. The van der Waals surface area contributed by atoms with Gasteiger partial charge in [-0.3, -0.25) is 0 Å². The third-order valence-corrected chi connectivity index (χ3v) is 5.32. The maximum atomic E-state index is 10.5. The van der Waals surface area contributed by atoms with Gasteiger partial charge in [-0.25, -0.2) is 0 Å². The van der Waals surface area contributed by atoms with Gasteiger partial charge in [0.25, 0.3) is 0 Å². The van der Waals surface area contributed by atoms with Crippen molar-refractivity contribution in [2.45, 2.75) is 12.2 Å². The largest absolute Gasteiger partial charge is 0.508 e. The lowest BCUT2D eigenvalue weighted by Crippen LogP contribution is -2.36. The minimum Gasteiger partial charge on any atom is -0.508 e. The monoisotopic (exact) mass is 468 g/mol. The van der Waals surface area contributed by atoms with Crippen molar-refractivity contribution in [2.75, 3.05) is 20.8 Å². The Morgan fingerprint density at radius 2 is 1.38 bits per heavy atom. The van der Waals surface area contributed by atoms with Crippen molar-refractivity contribution in [3.05, 3.63) is 59.2 Å². The van der Waals surface area contributed by atoms with Crippen LogP contribution in [-0.2, 0) is 0 Å².